The van der Waals surface area contributed by atoms with Crippen LogP contribution in [0.4, 0.5) is 0 Å². The Labute approximate surface area is 109 Å². The SMILES string of the molecule is COc1cccc(CN)c1OCCOCC(C)C. The van der Waals surface area contributed by atoms with E-state index in [-0.39, 0.29) is 0 Å². The molecule has 1 aromatic carbocycles. The summed E-state index contributed by atoms with van der Waals surface area (Å²) >= 11 is 0. The van der Waals surface area contributed by atoms with Crippen LogP contribution in [-0.2, 0) is 11.3 Å². The first-order valence-electron chi connectivity index (χ1n) is 6.25. The van der Waals surface area contributed by atoms with Crippen molar-refractivity contribution < 1.29 is 14.2 Å². The molecule has 2 N–H and O–H groups in total. The van der Waals surface area contributed by atoms with Gasteiger partial charge in [-0.05, 0) is 12.0 Å². The quantitative estimate of drug-likeness (QED) is 0.722. The number of ether oxygens (including phenoxy) is 3. The van der Waals surface area contributed by atoms with Crippen molar-refractivity contribution in [3.05, 3.63) is 23.8 Å². The Morgan fingerprint density at radius 1 is 1.22 bits per heavy atom. The minimum absolute atomic E-state index is 0.430. The molecule has 4 nitrogen and oxygen atoms in total. The smallest absolute Gasteiger partial charge is 0.165 e. The second kappa shape index (κ2) is 7.95. The van der Waals surface area contributed by atoms with Gasteiger partial charge >= 0.3 is 0 Å². The van der Waals surface area contributed by atoms with Crippen LogP contribution in [0.25, 0.3) is 0 Å². The fourth-order valence-electron chi connectivity index (χ4n) is 1.57. The molecule has 102 valence electrons. The van der Waals surface area contributed by atoms with Crippen molar-refractivity contribution in [3.63, 3.8) is 0 Å². The molecule has 0 aliphatic heterocycles. The van der Waals surface area contributed by atoms with Crippen molar-refractivity contribution >= 4 is 0 Å². The normalized spacial score (nSPS) is 10.7. The summed E-state index contributed by atoms with van der Waals surface area (Å²) in [6.07, 6.45) is 0. The number of rotatable bonds is 8. The molecule has 0 saturated carbocycles. The van der Waals surface area contributed by atoms with Gasteiger partial charge in [0.25, 0.3) is 0 Å². The molecule has 0 amide bonds. The van der Waals surface area contributed by atoms with Gasteiger partial charge in [0, 0.05) is 18.7 Å². The molecule has 0 fully saturated rings. The predicted octanol–water partition coefficient (Wildman–Crippen LogP) is 2.21. The van der Waals surface area contributed by atoms with E-state index in [0.29, 0.717) is 31.4 Å². The fraction of sp³-hybridized carbons (Fsp3) is 0.571. The molecule has 0 atom stereocenters. The minimum Gasteiger partial charge on any atom is -0.493 e. The monoisotopic (exact) mass is 253 g/mol. The van der Waals surface area contributed by atoms with Gasteiger partial charge in [0.15, 0.2) is 11.5 Å². The number of para-hydroxylation sites is 1. The van der Waals surface area contributed by atoms with Gasteiger partial charge in [-0.2, -0.15) is 0 Å². The Kier molecular flexibility index (Phi) is 6.54. The lowest BCUT2D eigenvalue weighted by molar-refractivity contribution is 0.0808. The summed E-state index contributed by atoms with van der Waals surface area (Å²) in [5.74, 6) is 1.97. The number of methoxy groups -OCH3 is 1. The number of nitrogens with two attached hydrogens (primary N) is 1. The van der Waals surface area contributed by atoms with Crippen LogP contribution in [0.15, 0.2) is 18.2 Å². The molecule has 0 aliphatic rings. The highest BCUT2D eigenvalue weighted by Crippen LogP contribution is 2.30. The Balaban J connectivity index is 2.50. The van der Waals surface area contributed by atoms with E-state index in [1.54, 1.807) is 7.11 Å². The summed E-state index contributed by atoms with van der Waals surface area (Å²) < 4.78 is 16.4. The van der Waals surface area contributed by atoms with Crippen LogP contribution in [-0.4, -0.2) is 26.9 Å². The van der Waals surface area contributed by atoms with E-state index in [1.807, 2.05) is 18.2 Å². The van der Waals surface area contributed by atoms with E-state index in [2.05, 4.69) is 13.8 Å². The maximum Gasteiger partial charge on any atom is 0.165 e. The minimum atomic E-state index is 0.430. The fourth-order valence-corrected chi connectivity index (χ4v) is 1.57. The molecule has 0 bridgehead atoms. The molecule has 0 heterocycles. The van der Waals surface area contributed by atoms with Crippen LogP contribution in [0.3, 0.4) is 0 Å². The second-order valence-electron chi connectivity index (χ2n) is 4.47. The van der Waals surface area contributed by atoms with E-state index in [0.717, 1.165) is 17.9 Å². The van der Waals surface area contributed by atoms with Gasteiger partial charge in [-0.25, -0.2) is 0 Å². The van der Waals surface area contributed by atoms with E-state index in [1.165, 1.54) is 0 Å². The molecule has 0 radical (unpaired) electrons. The zero-order chi connectivity index (χ0) is 13.4. The lowest BCUT2D eigenvalue weighted by Crippen LogP contribution is -2.12. The Hall–Kier alpha value is -1.26. The molecule has 1 rings (SSSR count). The average Bonchev–Trinajstić information content (AvgIpc) is 2.37. The third-order valence-corrected chi connectivity index (χ3v) is 2.43. The van der Waals surface area contributed by atoms with Crippen molar-refractivity contribution in [2.75, 3.05) is 26.9 Å². The Morgan fingerprint density at radius 3 is 2.61 bits per heavy atom. The predicted molar refractivity (Wildman–Crippen MR) is 72.0 cm³/mol. The van der Waals surface area contributed by atoms with Gasteiger partial charge in [-0.1, -0.05) is 26.0 Å². The van der Waals surface area contributed by atoms with Gasteiger partial charge < -0.3 is 19.9 Å². The molecule has 0 unspecified atom stereocenters. The number of hydrogen-bond donors (Lipinski definition) is 1. The summed E-state index contributed by atoms with van der Waals surface area (Å²) in [5, 5.41) is 0. The van der Waals surface area contributed by atoms with Crippen LogP contribution < -0.4 is 15.2 Å². The first-order chi connectivity index (χ1) is 8.69. The van der Waals surface area contributed by atoms with Gasteiger partial charge in [0.1, 0.15) is 6.61 Å². The molecule has 18 heavy (non-hydrogen) atoms. The van der Waals surface area contributed by atoms with Gasteiger partial charge in [-0.15, -0.1) is 0 Å². The number of hydrogen-bond acceptors (Lipinski definition) is 4. The highest BCUT2D eigenvalue weighted by atomic mass is 16.5. The van der Waals surface area contributed by atoms with Crippen LogP contribution in [0.2, 0.25) is 0 Å². The molecule has 0 aromatic heterocycles. The van der Waals surface area contributed by atoms with Crippen molar-refractivity contribution in [1.82, 2.24) is 0 Å². The topological polar surface area (TPSA) is 53.7 Å². The highest BCUT2D eigenvalue weighted by molar-refractivity contribution is 5.46. The largest absolute Gasteiger partial charge is 0.493 e. The Morgan fingerprint density at radius 2 is 2.00 bits per heavy atom. The second-order valence-corrected chi connectivity index (χ2v) is 4.47. The van der Waals surface area contributed by atoms with Crippen molar-refractivity contribution in [1.29, 1.82) is 0 Å². The zero-order valence-corrected chi connectivity index (χ0v) is 11.4. The van der Waals surface area contributed by atoms with Gasteiger partial charge in [0.2, 0.25) is 0 Å². The zero-order valence-electron chi connectivity index (χ0n) is 11.4. The van der Waals surface area contributed by atoms with Crippen molar-refractivity contribution in [3.8, 4) is 11.5 Å². The molecule has 0 saturated heterocycles. The van der Waals surface area contributed by atoms with Crippen molar-refractivity contribution in [2.24, 2.45) is 11.7 Å². The molecule has 1 aromatic rings. The summed E-state index contributed by atoms with van der Waals surface area (Å²) in [7, 11) is 1.62. The summed E-state index contributed by atoms with van der Waals surface area (Å²) in [5.41, 5.74) is 6.62. The van der Waals surface area contributed by atoms with E-state index < -0.39 is 0 Å². The molecule has 0 spiro atoms. The lowest BCUT2D eigenvalue weighted by atomic mass is 10.2. The maximum atomic E-state index is 5.70. The van der Waals surface area contributed by atoms with Crippen LogP contribution in [0.1, 0.15) is 19.4 Å². The summed E-state index contributed by atoms with van der Waals surface area (Å²) in [4.78, 5) is 0. The third kappa shape index (κ3) is 4.55. The van der Waals surface area contributed by atoms with Gasteiger partial charge in [0.05, 0.1) is 13.7 Å². The molecule has 4 heteroatoms. The summed E-state index contributed by atoms with van der Waals surface area (Å²) in [6.45, 7) is 6.49. The van der Waals surface area contributed by atoms with E-state index in [9.17, 15) is 0 Å². The Bertz CT molecular complexity index is 331. The molecule has 0 aliphatic carbocycles. The highest BCUT2D eigenvalue weighted by Gasteiger charge is 2.09. The van der Waals surface area contributed by atoms with Crippen molar-refractivity contribution in [2.45, 2.75) is 20.4 Å². The first-order valence-corrected chi connectivity index (χ1v) is 6.25. The standard InChI is InChI=1S/C14H23NO3/c1-11(2)10-17-7-8-18-14-12(9-15)5-4-6-13(14)16-3/h4-6,11H,7-10,15H2,1-3H3. The third-order valence-electron chi connectivity index (χ3n) is 2.43. The molecular formula is C14H23NO3. The van der Waals surface area contributed by atoms with Crippen LogP contribution in [0.5, 0.6) is 11.5 Å². The van der Waals surface area contributed by atoms with E-state index >= 15 is 0 Å². The first kappa shape index (κ1) is 14.8. The average molecular weight is 253 g/mol. The lowest BCUT2D eigenvalue weighted by Gasteiger charge is -2.14. The van der Waals surface area contributed by atoms with Crippen LogP contribution >= 0.6 is 0 Å². The van der Waals surface area contributed by atoms with E-state index in [4.69, 9.17) is 19.9 Å². The molecular weight excluding hydrogens is 230 g/mol. The van der Waals surface area contributed by atoms with Gasteiger partial charge in [-0.3, -0.25) is 0 Å². The van der Waals surface area contributed by atoms with Crippen LogP contribution in [0, 0.1) is 5.92 Å². The maximum absolute atomic E-state index is 5.70. The number of benzene rings is 1. The summed E-state index contributed by atoms with van der Waals surface area (Å²) in [6, 6.07) is 5.71.